The number of nitrogens with one attached hydrogen (secondary N) is 1. The Bertz CT molecular complexity index is 827. The molecule has 2 aromatic rings. The molecule has 6 nitrogen and oxygen atoms in total. The van der Waals surface area contributed by atoms with E-state index in [2.05, 4.69) is 14.9 Å². The van der Waals surface area contributed by atoms with E-state index in [1.165, 1.54) is 0 Å². The summed E-state index contributed by atoms with van der Waals surface area (Å²) < 4.78 is 28.4. The molecule has 0 saturated heterocycles. The summed E-state index contributed by atoms with van der Waals surface area (Å²) in [4.78, 5) is 30.3. The van der Waals surface area contributed by atoms with Gasteiger partial charge in [-0.05, 0) is 26.0 Å². The Labute approximate surface area is 143 Å². The predicted octanol–water partition coefficient (Wildman–Crippen LogP) is 1.55. The Balaban J connectivity index is 1.60. The molecule has 0 unspecified atom stereocenters. The van der Waals surface area contributed by atoms with Gasteiger partial charge in [-0.15, -0.1) is 0 Å². The smallest absolute Gasteiger partial charge is 0.251 e. The maximum atomic E-state index is 13.1. The number of fused-ring (bicyclic) bond motifs is 1. The van der Waals surface area contributed by atoms with Gasteiger partial charge >= 0.3 is 0 Å². The van der Waals surface area contributed by atoms with E-state index < -0.39 is 17.5 Å². The van der Waals surface area contributed by atoms with Gasteiger partial charge < -0.3 is 14.8 Å². The van der Waals surface area contributed by atoms with Crippen molar-refractivity contribution in [2.75, 3.05) is 13.1 Å². The number of halogens is 2. The van der Waals surface area contributed by atoms with Gasteiger partial charge in [0.2, 0.25) is 5.91 Å². The number of hydrogen-bond donors (Lipinski definition) is 1. The largest absolute Gasteiger partial charge is 0.343 e. The predicted molar refractivity (Wildman–Crippen MR) is 85.8 cm³/mol. The molecule has 2 amide bonds. The molecule has 132 valence electrons. The first kappa shape index (κ1) is 17.1. The van der Waals surface area contributed by atoms with Crippen LogP contribution in [0, 0.1) is 25.5 Å². The van der Waals surface area contributed by atoms with Gasteiger partial charge in [-0.25, -0.2) is 13.8 Å². The van der Waals surface area contributed by atoms with Crippen LogP contribution < -0.4 is 5.32 Å². The zero-order valence-electron chi connectivity index (χ0n) is 14.0. The Kier molecular flexibility index (Phi) is 4.52. The fourth-order valence-electron chi connectivity index (χ4n) is 2.88. The quantitative estimate of drug-likeness (QED) is 0.915. The molecule has 8 heteroatoms. The minimum atomic E-state index is -0.843. The molecule has 3 rings (SSSR count). The normalized spacial score (nSPS) is 13.5. The van der Waals surface area contributed by atoms with Crippen LogP contribution in [0.15, 0.2) is 18.2 Å². The van der Waals surface area contributed by atoms with E-state index >= 15 is 0 Å². The summed E-state index contributed by atoms with van der Waals surface area (Å²) in [6.07, 6.45) is 0. The number of benzene rings is 1. The summed E-state index contributed by atoms with van der Waals surface area (Å²) >= 11 is 0. The van der Waals surface area contributed by atoms with E-state index in [4.69, 9.17) is 0 Å². The number of nitrogens with zero attached hydrogens (tertiary/aromatic N) is 3. The Morgan fingerprint density at radius 2 is 1.84 bits per heavy atom. The number of amides is 2. The minimum absolute atomic E-state index is 0.161. The third-order valence-corrected chi connectivity index (χ3v) is 4.34. The van der Waals surface area contributed by atoms with E-state index in [1.807, 2.05) is 13.8 Å². The monoisotopic (exact) mass is 348 g/mol. The van der Waals surface area contributed by atoms with E-state index in [9.17, 15) is 18.4 Å². The number of aromatic nitrogens is 2. The molecule has 0 aliphatic carbocycles. The second-order valence-corrected chi connectivity index (χ2v) is 6.01. The fourth-order valence-corrected chi connectivity index (χ4v) is 2.88. The molecule has 0 radical (unpaired) electrons. The number of aryl methyl sites for hydroxylation is 1. The lowest BCUT2D eigenvalue weighted by Crippen LogP contribution is -2.44. The highest BCUT2D eigenvalue weighted by Gasteiger charge is 2.24. The number of carbonyl (C=O) groups excluding carboxylic acids is 2. The van der Waals surface area contributed by atoms with E-state index in [-0.39, 0.29) is 18.0 Å². The molecule has 1 aromatic carbocycles. The van der Waals surface area contributed by atoms with Crippen molar-refractivity contribution in [2.45, 2.75) is 26.9 Å². The first-order valence-corrected chi connectivity index (χ1v) is 7.90. The number of hydrogen-bond acceptors (Lipinski definition) is 3. The van der Waals surface area contributed by atoms with Crippen molar-refractivity contribution in [3.8, 4) is 0 Å². The summed E-state index contributed by atoms with van der Waals surface area (Å²) in [7, 11) is 0. The van der Waals surface area contributed by atoms with Crippen molar-refractivity contribution in [1.82, 2.24) is 19.8 Å². The van der Waals surface area contributed by atoms with Crippen molar-refractivity contribution in [3.05, 3.63) is 52.6 Å². The van der Waals surface area contributed by atoms with Crippen LogP contribution in [0.5, 0.6) is 0 Å². The molecule has 1 aromatic heterocycles. The standard InChI is InChI=1S/C17H18F2N4O2/c1-10-11(2)23-4-3-22(9-15(23)21-10)16(24)8-20-17(25)12-5-13(18)7-14(19)6-12/h5-7H,3-4,8-9H2,1-2H3,(H,20,25). The van der Waals surface area contributed by atoms with Crippen molar-refractivity contribution < 1.29 is 18.4 Å². The molecule has 0 atom stereocenters. The second-order valence-electron chi connectivity index (χ2n) is 6.01. The van der Waals surface area contributed by atoms with E-state index in [0.717, 1.165) is 29.3 Å². The van der Waals surface area contributed by atoms with Gasteiger partial charge in [0, 0.05) is 30.4 Å². The van der Waals surface area contributed by atoms with Crippen LogP contribution >= 0.6 is 0 Å². The molecule has 0 saturated carbocycles. The van der Waals surface area contributed by atoms with Crippen molar-refractivity contribution in [3.63, 3.8) is 0 Å². The summed E-state index contributed by atoms with van der Waals surface area (Å²) in [6.45, 7) is 5.21. The first-order valence-electron chi connectivity index (χ1n) is 7.90. The van der Waals surface area contributed by atoms with Crippen LogP contribution in [0.2, 0.25) is 0 Å². The molecular weight excluding hydrogens is 330 g/mol. The average molecular weight is 348 g/mol. The third-order valence-electron chi connectivity index (χ3n) is 4.34. The highest BCUT2D eigenvalue weighted by atomic mass is 19.1. The summed E-state index contributed by atoms with van der Waals surface area (Å²) in [6, 6.07) is 2.53. The summed E-state index contributed by atoms with van der Waals surface area (Å²) in [5.41, 5.74) is 1.86. The van der Waals surface area contributed by atoms with Gasteiger partial charge in [0.25, 0.3) is 5.91 Å². The van der Waals surface area contributed by atoms with E-state index in [1.54, 1.807) is 4.90 Å². The Morgan fingerprint density at radius 1 is 1.16 bits per heavy atom. The van der Waals surface area contributed by atoms with Crippen LogP contribution in [0.25, 0.3) is 0 Å². The Hall–Kier alpha value is -2.77. The van der Waals surface area contributed by atoms with Gasteiger partial charge in [0.05, 0.1) is 18.8 Å². The van der Waals surface area contributed by atoms with Crippen molar-refractivity contribution in [2.24, 2.45) is 0 Å². The summed E-state index contributed by atoms with van der Waals surface area (Å²) in [5, 5.41) is 2.40. The van der Waals surface area contributed by atoms with Crippen LogP contribution in [0.1, 0.15) is 27.6 Å². The lowest BCUT2D eigenvalue weighted by atomic mass is 10.2. The van der Waals surface area contributed by atoms with Gasteiger partial charge in [0.1, 0.15) is 17.5 Å². The molecule has 1 aliphatic rings. The van der Waals surface area contributed by atoms with Crippen LogP contribution in [0.3, 0.4) is 0 Å². The number of rotatable bonds is 3. The van der Waals surface area contributed by atoms with Gasteiger partial charge in [-0.2, -0.15) is 0 Å². The maximum Gasteiger partial charge on any atom is 0.251 e. The van der Waals surface area contributed by atoms with Gasteiger partial charge in [-0.1, -0.05) is 0 Å². The van der Waals surface area contributed by atoms with Crippen molar-refractivity contribution >= 4 is 11.8 Å². The van der Waals surface area contributed by atoms with Crippen LogP contribution in [0.4, 0.5) is 8.78 Å². The molecule has 0 bridgehead atoms. The van der Waals surface area contributed by atoms with Crippen molar-refractivity contribution in [1.29, 1.82) is 0 Å². The lowest BCUT2D eigenvalue weighted by molar-refractivity contribution is -0.131. The lowest BCUT2D eigenvalue weighted by Gasteiger charge is -2.28. The first-order chi connectivity index (χ1) is 11.8. The SMILES string of the molecule is Cc1nc2n(c1C)CCN(C(=O)CNC(=O)c1cc(F)cc(F)c1)C2. The van der Waals surface area contributed by atoms with Gasteiger partial charge in [0.15, 0.2) is 0 Å². The van der Waals surface area contributed by atoms with Gasteiger partial charge in [-0.3, -0.25) is 9.59 Å². The number of imidazole rings is 1. The molecular formula is C17H18F2N4O2. The topological polar surface area (TPSA) is 67.2 Å². The van der Waals surface area contributed by atoms with E-state index in [0.29, 0.717) is 25.7 Å². The zero-order chi connectivity index (χ0) is 18.1. The third kappa shape index (κ3) is 3.52. The maximum absolute atomic E-state index is 13.1. The molecule has 1 aliphatic heterocycles. The Morgan fingerprint density at radius 3 is 2.52 bits per heavy atom. The second kappa shape index (κ2) is 6.62. The molecule has 0 fully saturated rings. The zero-order valence-corrected chi connectivity index (χ0v) is 14.0. The van der Waals surface area contributed by atoms with Crippen LogP contribution in [-0.4, -0.2) is 39.4 Å². The molecule has 1 N–H and O–H groups in total. The highest BCUT2D eigenvalue weighted by Crippen LogP contribution is 2.16. The molecule has 2 heterocycles. The minimum Gasteiger partial charge on any atom is -0.343 e. The van der Waals surface area contributed by atoms with Crippen LogP contribution in [-0.2, 0) is 17.9 Å². The highest BCUT2D eigenvalue weighted by molar-refractivity contribution is 5.96. The number of carbonyl (C=O) groups is 2. The summed E-state index contributed by atoms with van der Waals surface area (Å²) in [5.74, 6) is -1.84. The fraction of sp³-hybridized carbons (Fsp3) is 0.353. The average Bonchev–Trinajstić information content (AvgIpc) is 2.85. The molecule has 0 spiro atoms. The molecule has 25 heavy (non-hydrogen) atoms.